The van der Waals surface area contributed by atoms with E-state index in [2.05, 4.69) is 190 Å². The quantitative estimate of drug-likeness (QED) is 0.0890. The van der Waals surface area contributed by atoms with Crippen LogP contribution in [0.5, 0.6) is 0 Å². The first-order valence-electron chi connectivity index (χ1n) is 47.6. The second-order valence-corrected chi connectivity index (χ2v) is 43.2. The van der Waals surface area contributed by atoms with Gasteiger partial charge in [0.25, 0.3) is 0 Å². The smallest absolute Gasteiger partial charge is 0.366 e. The number of sulfonamides is 1. The van der Waals surface area contributed by atoms with Crippen LogP contribution in [0.3, 0.4) is 0 Å². The fourth-order valence-corrected chi connectivity index (χ4v) is 21.5. The Morgan fingerprint density at radius 1 is 0.359 bits per heavy atom. The lowest BCUT2D eigenvalue weighted by molar-refractivity contribution is -0.126. The molecule has 5 aliphatic heterocycles. The van der Waals surface area contributed by atoms with Gasteiger partial charge in [0.2, 0.25) is 29.5 Å². The van der Waals surface area contributed by atoms with Gasteiger partial charge in [0.05, 0.1) is 0 Å². The standard InChI is InChI=1S/2C21H35N3OS.C20H33N3OS.C19H31N3OS.C18H27F3N2O3S/c1-16(2)22-20(26)24-13-7-12-23(14-15-24)19(25)10-9-18-17(3)8-6-11-21(18,4)5;1-5-12-22-20(26)24-14-7-13-23(15-16-24)19(25)10-9-18-17(2)8-6-11-21(18,3)4;1-5-21-19(25)23-13-7-12-22(14-15-23)18(24)10-9-17-16(2)8-6-11-20(17,3)4;1-15-7-5-10-19(2,3)16(15)8-9-17(23)21-11-6-12-22(14-13-21)18(24)20-4;1-14-6-4-9-17(2,3)15(14)7-8-16(24)22-10-5-11-23(13-12-22)27(25,26)18(19,20)21/h9-10,16H,6-8,11-15H2,1-5H3,(H,22,26);9-10H,5-8,11-16H2,1-4H3,(H,22,26);9-10H,5-8,11-15H2,1-4H3,(H,21,25);8-9H,5-7,10-14H2,1-4H3,(H,20,24);7-8H,4-6,9-13H2,1-3H3/b3*10-9+;9-8+;8-7+. The van der Waals surface area contributed by atoms with Crippen molar-refractivity contribution in [2.24, 2.45) is 27.1 Å². The van der Waals surface area contributed by atoms with Crippen molar-refractivity contribution >= 4 is 109 Å². The molecule has 128 heavy (non-hydrogen) atoms. The molecule has 0 unspecified atom stereocenters. The van der Waals surface area contributed by atoms with Crippen LogP contribution >= 0.6 is 48.9 Å². The van der Waals surface area contributed by atoms with Crippen molar-refractivity contribution < 1.29 is 45.6 Å². The van der Waals surface area contributed by atoms with Crippen molar-refractivity contribution in [3.05, 3.63) is 116 Å². The van der Waals surface area contributed by atoms with E-state index in [1.54, 1.807) is 24.3 Å². The number of hydrogen-bond donors (Lipinski definition) is 4. The van der Waals surface area contributed by atoms with Gasteiger partial charge in [-0.3, -0.25) is 24.0 Å². The predicted molar refractivity (Wildman–Crippen MR) is 536 cm³/mol. The lowest BCUT2D eigenvalue weighted by Crippen LogP contribution is -2.44. The Kier molecular flexibility index (Phi) is 44.2. The Balaban J connectivity index is 0.000000247. The van der Waals surface area contributed by atoms with Gasteiger partial charge in [0.15, 0.2) is 20.4 Å². The molecule has 720 valence electrons. The van der Waals surface area contributed by atoms with Crippen LogP contribution in [0.1, 0.15) is 266 Å². The molecule has 0 aromatic heterocycles. The Bertz CT molecular complexity index is 4260. The van der Waals surface area contributed by atoms with E-state index in [-0.39, 0.29) is 89.2 Å². The summed E-state index contributed by atoms with van der Waals surface area (Å²) >= 11 is 21.7. The summed E-state index contributed by atoms with van der Waals surface area (Å²) in [6.45, 7) is 56.1. The lowest BCUT2D eigenvalue weighted by atomic mass is 9.72. The maximum absolute atomic E-state index is 12.7. The monoisotopic (exact) mass is 1880 g/mol. The van der Waals surface area contributed by atoms with Gasteiger partial charge in [0.1, 0.15) is 0 Å². The van der Waals surface area contributed by atoms with Gasteiger partial charge >= 0.3 is 15.5 Å². The van der Waals surface area contributed by atoms with E-state index >= 15 is 0 Å². The highest BCUT2D eigenvalue weighted by Crippen LogP contribution is 2.45. The van der Waals surface area contributed by atoms with E-state index in [0.29, 0.717) is 10.3 Å². The number of thiocarbonyl (C=S) groups is 4. The Morgan fingerprint density at radius 3 is 0.836 bits per heavy atom. The highest BCUT2D eigenvalue weighted by molar-refractivity contribution is 7.90. The van der Waals surface area contributed by atoms with Crippen LogP contribution < -0.4 is 21.3 Å². The summed E-state index contributed by atoms with van der Waals surface area (Å²) in [6, 6.07) is 0.335. The zero-order valence-electron chi connectivity index (χ0n) is 81.8. The van der Waals surface area contributed by atoms with Crippen LogP contribution in [0.25, 0.3) is 0 Å². The fraction of sp³-hybridized carbons (Fsp3) is 0.707. The molecule has 5 amide bonds. The van der Waals surface area contributed by atoms with Gasteiger partial charge in [-0.1, -0.05) is 134 Å². The molecule has 5 fully saturated rings. The molecule has 10 rings (SSSR count). The number of carbonyl (C=O) groups is 5. The first kappa shape index (κ1) is 110. The molecule has 5 heterocycles. The van der Waals surface area contributed by atoms with Crippen molar-refractivity contribution in [3.63, 3.8) is 0 Å². The molecular weight excluding hydrogens is 1710 g/mol. The van der Waals surface area contributed by atoms with Crippen LogP contribution in [-0.2, 0) is 34.0 Å². The summed E-state index contributed by atoms with van der Waals surface area (Å²) in [5.74, 6) is 0.187. The van der Waals surface area contributed by atoms with Gasteiger partial charge < -0.3 is 65.4 Å². The van der Waals surface area contributed by atoms with E-state index in [9.17, 15) is 45.6 Å². The number of alkyl halides is 3. The number of amides is 5. The van der Waals surface area contributed by atoms with Crippen LogP contribution in [0.2, 0.25) is 0 Å². The second kappa shape index (κ2) is 51.5. The Morgan fingerprint density at radius 2 is 0.594 bits per heavy atom. The van der Waals surface area contributed by atoms with Crippen LogP contribution in [0.4, 0.5) is 13.2 Å². The molecule has 0 saturated carbocycles. The van der Waals surface area contributed by atoms with Crippen LogP contribution in [0, 0.1) is 27.1 Å². The van der Waals surface area contributed by atoms with Crippen molar-refractivity contribution in [2.75, 3.05) is 151 Å². The molecule has 0 bridgehead atoms. The topological polar surface area (TPSA) is 200 Å². The van der Waals surface area contributed by atoms with E-state index in [0.717, 1.165) is 221 Å². The summed E-state index contributed by atoms with van der Waals surface area (Å²) in [7, 11) is -3.51. The lowest BCUT2D eigenvalue weighted by Gasteiger charge is -2.33. The molecule has 0 aromatic carbocycles. The SMILES string of the molecule is CC1=C(/C=C/C(=O)N2CCCN(C(=S)NC(C)C)CC2)C(C)(C)CCC1.CC1=C(/C=C/C(=O)N2CCCN(S(=O)(=O)C(F)(F)F)CC2)C(C)(C)CCC1.CCCNC(=S)N1CCCN(C(=O)/C=C/C2=C(C)CCCC2(C)C)CC1.CCNC(=S)N1CCCN(C(=O)/C=C/C2=C(C)CCCC2(C)C)CC1.CNC(=S)N1CCCN(C(=O)/C=C/C2=C(C)CCCC2(C)C)CC1. The molecule has 5 saturated heterocycles. The van der Waals surface area contributed by atoms with Gasteiger partial charge in [-0.15, -0.1) is 0 Å². The first-order chi connectivity index (χ1) is 60.1. The highest BCUT2D eigenvalue weighted by Gasteiger charge is 2.50. The molecule has 0 atom stereocenters. The third-order valence-corrected chi connectivity index (χ3v) is 30.2. The van der Waals surface area contributed by atoms with Gasteiger partial charge in [-0.25, -0.2) is 8.42 Å². The van der Waals surface area contributed by atoms with Crippen molar-refractivity contribution in [3.8, 4) is 0 Å². The number of allylic oxidation sites excluding steroid dienone is 15. The molecule has 10 aliphatic rings. The van der Waals surface area contributed by atoms with Crippen LogP contribution in [0.15, 0.2) is 116 Å². The van der Waals surface area contributed by atoms with Crippen molar-refractivity contribution in [2.45, 2.75) is 278 Å². The van der Waals surface area contributed by atoms with Gasteiger partial charge in [-0.2, -0.15) is 17.5 Å². The minimum Gasteiger partial charge on any atom is -0.366 e. The number of carbonyl (C=O) groups excluding carboxylic acids is 5. The zero-order valence-corrected chi connectivity index (χ0v) is 85.8. The van der Waals surface area contributed by atoms with Crippen molar-refractivity contribution in [1.29, 1.82) is 0 Å². The molecule has 29 heteroatoms. The molecule has 0 spiro atoms. The summed E-state index contributed by atoms with van der Waals surface area (Å²) in [5.41, 5.74) is 8.81. The Hall–Kier alpha value is -6.79. The van der Waals surface area contributed by atoms with Gasteiger partial charge in [-0.05, 0) is 294 Å². The molecule has 21 nitrogen and oxygen atoms in total. The summed E-state index contributed by atoms with van der Waals surface area (Å²) < 4.78 is 61.7. The van der Waals surface area contributed by atoms with E-state index in [1.807, 2.05) is 39.6 Å². The number of hydrogen-bond acceptors (Lipinski definition) is 11. The number of halogens is 3. The van der Waals surface area contributed by atoms with Crippen LogP contribution in [-0.4, -0.2) is 269 Å². The summed E-state index contributed by atoms with van der Waals surface area (Å²) in [6.07, 6.45) is 41.2. The third kappa shape index (κ3) is 33.7. The minimum atomic E-state index is -5.35. The maximum atomic E-state index is 12.7. The normalized spacial score (nSPS) is 21.7. The van der Waals surface area contributed by atoms with Crippen molar-refractivity contribution in [1.82, 2.24) is 69.7 Å². The minimum absolute atomic E-state index is 0.0184. The number of rotatable bonds is 15. The average Bonchev–Trinajstić information content (AvgIpc) is 1.43. The van der Waals surface area contributed by atoms with Gasteiger partial charge in [0, 0.05) is 187 Å². The van der Waals surface area contributed by atoms with E-state index in [4.69, 9.17) is 48.9 Å². The third-order valence-electron chi connectivity index (χ3n) is 26.9. The molecule has 4 N–H and O–H groups in total. The fourth-order valence-electron chi connectivity index (χ4n) is 19.3. The molecule has 0 radical (unpaired) electrons. The molecule has 5 aliphatic carbocycles. The Labute approximate surface area is 791 Å². The average molecular weight is 1880 g/mol. The maximum Gasteiger partial charge on any atom is 0.511 e. The summed E-state index contributed by atoms with van der Waals surface area (Å²) in [5, 5.41) is 16.0. The largest absolute Gasteiger partial charge is 0.511 e. The number of nitrogens with zero attached hydrogens (tertiary/aromatic N) is 10. The summed E-state index contributed by atoms with van der Waals surface area (Å²) in [4.78, 5) is 81.1. The molecular formula is C99H161F3N14O7S5. The first-order valence-corrected chi connectivity index (χ1v) is 50.7. The number of nitrogens with one attached hydrogen (secondary N) is 4. The zero-order chi connectivity index (χ0) is 95.1. The predicted octanol–water partition coefficient (Wildman–Crippen LogP) is 17.8. The molecule has 0 aromatic rings. The highest BCUT2D eigenvalue weighted by atomic mass is 32.2. The van der Waals surface area contributed by atoms with E-state index in [1.165, 1.54) is 113 Å². The van der Waals surface area contributed by atoms with E-state index < -0.39 is 15.5 Å². The second-order valence-electron chi connectivity index (χ2n) is 39.7.